The third-order valence-electron chi connectivity index (χ3n) is 4.81. The second-order valence-electron chi connectivity index (χ2n) is 6.31. The van der Waals surface area contributed by atoms with Crippen molar-refractivity contribution in [1.82, 2.24) is 0 Å². The van der Waals surface area contributed by atoms with Gasteiger partial charge in [0.2, 0.25) is 0 Å². The van der Waals surface area contributed by atoms with Gasteiger partial charge in [0.05, 0.1) is 0 Å². The fraction of sp³-hybridized carbons (Fsp3) is 0.429. The van der Waals surface area contributed by atoms with Crippen LogP contribution in [0.2, 0.25) is 0 Å². The maximum atomic E-state index is 10.4. The van der Waals surface area contributed by atoms with Crippen LogP contribution in [0, 0.1) is 0 Å². The summed E-state index contributed by atoms with van der Waals surface area (Å²) < 4.78 is 0. The van der Waals surface area contributed by atoms with Crippen molar-refractivity contribution in [3.05, 3.63) is 41.5 Å². The fourth-order valence-electron chi connectivity index (χ4n) is 3.54. The Hall–Kier alpha value is -2.20. The molecular weight excluding hydrogens is 314 g/mol. The van der Waals surface area contributed by atoms with Crippen LogP contribution in [0.3, 0.4) is 0 Å². The van der Waals surface area contributed by atoms with Gasteiger partial charge in [-0.1, -0.05) is 39.2 Å². The predicted octanol–water partition coefficient (Wildman–Crippen LogP) is 5.00. The van der Waals surface area contributed by atoms with Crippen LogP contribution in [-0.4, -0.2) is 15.3 Å². The summed E-state index contributed by atoms with van der Waals surface area (Å²) in [5.41, 5.74) is 9.41. The summed E-state index contributed by atoms with van der Waals surface area (Å²) in [5.74, 6) is 0.269. The van der Waals surface area contributed by atoms with Gasteiger partial charge in [0.1, 0.15) is 5.75 Å². The maximum Gasteiger partial charge on any atom is 0.158 e. The molecule has 1 fully saturated rings. The minimum atomic E-state index is -0.191. The first-order chi connectivity index (χ1) is 12.1. The number of aromatic hydroxyl groups is 3. The van der Waals surface area contributed by atoms with Crippen molar-refractivity contribution in [3.63, 3.8) is 0 Å². The molecule has 0 aromatic heterocycles. The van der Waals surface area contributed by atoms with Gasteiger partial charge in [0.15, 0.2) is 11.5 Å². The molecule has 0 atom stereocenters. The van der Waals surface area contributed by atoms with Crippen molar-refractivity contribution in [2.75, 3.05) is 0 Å². The Morgan fingerprint density at radius 2 is 1.56 bits per heavy atom. The van der Waals surface area contributed by atoms with E-state index in [1.807, 2.05) is 19.9 Å². The van der Waals surface area contributed by atoms with Gasteiger partial charge in [-0.15, -0.1) is 0 Å². The number of hydrogen-bond acceptors (Lipinski definition) is 4. The number of phenols is 3. The van der Waals surface area contributed by atoms with Crippen molar-refractivity contribution in [1.29, 1.82) is 0 Å². The van der Waals surface area contributed by atoms with E-state index in [-0.39, 0.29) is 17.2 Å². The molecule has 0 spiro atoms. The smallest absolute Gasteiger partial charge is 0.158 e. The van der Waals surface area contributed by atoms with Crippen LogP contribution in [0.15, 0.2) is 30.3 Å². The van der Waals surface area contributed by atoms with Crippen LogP contribution in [0.4, 0.5) is 0 Å². The summed E-state index contributed by atoms with van der Waals surface area (Å²) in [4.78, 5) is 0. The maximum absolute atomic E-state index is 10.4. The Bertz CT molecular complexity index is 707. The monoisotopic (exact) mass is 343 g/mol. The molecule has 3 rings (SSSR count). The first kappa shape index (κ1) is 19.1. The quantitative estimate of drug-likeness (QED) is 0.590. The molecule has 2 aromatic rings. The van der Waals surface area contributed by atoms with Crippen molar-refractivity contribution in [3.8, 4) is 28.4 Å². The summed E-state index contributed by atoms with van der Waals surface area (Å²) in [7, 11) is 0. The Balaban J connectivity index is 0.00000109. The van der Waals surface area contributed by atoms with Gasteiger partial charge in [-0.2, -0.15) is 0 Å². The Kier molecular flexibility index (Phi) is 6.71. The highest BCUT2D eigenvalue weighted by Crippen LogP contribution is 2.41. The van der Waals surface area contributed by atoms with E-state index in [4.69, 9.17) is 5.73 Å². The zero-order valence-electron chi connectivity index (χ0n) is 15.1. The van der Waals surface area contributed by atoms with Gasteiger partial charge in [-0.25, -0.2) is 0 Å². The molecule has 4 heteroatoms. The molecule has 0 radical (unpaired) electrons. The molecule has 25 heavy (non-hydrogen) atoms. The van der Waals surface area contributed by atoms with Crippen molar-refractivity contribution in [2.24, 2.45) is 5.73 Å². The highest BCUT2D eigenvalue weighted by atomic mass is 16.3. The van der Waals surface area contributed by atoms with E-state index < -0.39 is 0 Å². The van der Waals surface area contributed by atoms with Gasteiger partial charge in [0.25, 0.3) is 0 Å². The average molecular weight is 343 g/mol. The van der Waals surface area contributed by atoms with E-state index in [1.54, 1.807) is 12.1 Å². The Labute approximate surface area is 149 Å². The topological polar surface area (TPSA) is 86.7 Å². The summed E-state index contributed by atoms with van der Waals surface area (Å²) in [6.45, 7) is 4.40. The van der Waals surface area contributed by atoms with Crippen molar-refractivity contribution < 1.29 is 15.3 Å². The largest absolute Gasteiger partial charge is 0.507 e. The van der Waals surface area contributed by atoms with Gasteiger partial charge in [-0.3, -0.25) is 0 Å². The third kappa shape index (κ3) is 4.26. The van der Waals surface area contributed by atoms with Gasteiger partial charge < -0.3 is 21.1 Å². The van der Waals surface area contributed by atoms with E-state index in [2.05, 4.69) is 0 Å². The minimum Gasteiger partial charge on any atom is -0.507 e. The number of rotatable bonds is 3. The average Bonchev–Trinajstić information content (AvgIpc) is 2.66. The van der Waals surface area contributed by atoms with Crippen LogP contribution in [-0.2, 0) is 6.54 Å². The molecule has 5 N–H and O–H groups in total. The standard InChI is InChI=1S/C19H23NO3.C2H6/c20-11-14-9-18(22)16(13-6-7-17(21)19(23)8-13)10-15(14)12-4-2-1-3-5-12;1-2/h6-10,12,21-23H,1-5,11,20H2;1-2H3. The molecule has 0 heterocycles. The van der Waals surface area contributed by atoms with Crippen LogP contribution in [0.5, 0.6) is 17.2 Å². The van der Waals surface area contributed by atoms with E-state index in [9.17, 15) is 15.3 Å². The molecule has 0 saturated heterocycles. The van der Waals surface area contributed by atoms with Crippen LogP contribution < -0.4 is 5.73 Å². The van der Waals surface area contributed by atoms with E-state index in [0.29, 0.717) is 23.6 Å². The molecule has 1 aliphatic carbocycles. The number of phenolic OH excluding ortho intramolecular Hbond substituents is 3. The fourth-order valence-corrected chi connectivity index (χ4v) is 3.54. The molecule has 0 bridgehead atoms. The third-order valence-corrected chi connectivity index (χ3v) is 4.81. The second-order valence-corrected chi connectivity index (χ2v) is 6.31. The number of benzene rings is 2. The minimum absolute atomic E-state index is 0.148. The lowest BCUT2D eigenvalue weighted by atomic mass is 9.81. The predicted molar refractivity (Wildman–Crippen MR) is 102 cm³/mol. The summed E-state index contributed by atoms with van der Waals surface area (Å²) in [5, 5.41) is 29.6. The van der Waals surface area contributed by atoms with Crippen molar-refractivity contribution >= 4 is 0 Å². The second kappa shape index (κ2) is 8.77. The Morgan fingerprint density at radius 3 is 2.16 bits per heavy atom. The molecule has 136 valence electrons. The van der Waals surface area contributed by atoms with Gasteiger partial charge in [0, 0.05) is 12.1 Å². The highest BCUT2D eigenvalue weighted by Gasteiger charge is 2.20. The lowest BCUT2D eigenvalue weighted by Gasteiger charge is -2.25. The molecule has 0 unspecified atom stereocenters. The van der Waals surface area contributed by atoms with Gasteiger partial charge >= 0.3 is 0 Å². The molecule has 4 nitrogen and oxygen atoms in total. The molecular formula is C21H29NO3. The molecule has 1 aliphatic rings. The van der Waals surface area contributed by atoms with Crippen LogP contribution in [0.25, 0.3) is 11.1 Å². The van der Waals surface area contributed by atoms with Crippen molar-refractivity contribution in [2.45, 2.75) is 58.4 Å². The lowest BCUT2D eigenvalue weighted by Crippen LogP contribution is -2.10. The highest BCUT2D eigenvalue weighted by molar-refractivity contribution is 5.74. The summed E-state index contributed by atoms with van der Waals surface area (Å²) in [6.07, 6.45) is 6.04. The molecule has 2 aromatic carbocycles. The lowest BCUT2D eigenvalue weighted by molar-refractivity contribution is 0.404. The van der Waals surface area contributed by atoms with E-state index in [1.165, 1.54) is 37.0 Å². The van der Waals surface area contributed by atoms with E-state index in [0.717, 1.165) is 18.4 Å². The zero-order chi connectivity index (χ0) is 18.4. The van der Waals surface area contributed by atoms with Gasteiger partial charge in [-0.05, 0) is 59.7 Å². The SMILES string of the molecule is CC.NCc1cc(O)c(-c2ccc(O)c(O)c2)cc1C1CCCCC1. The first-order valence-corrected chi connectivity index (χ1v) is 9.18. The van der Waals surface area contributed by atoms with E-state index >= 15 is 0 Å². The zero-order valence-corrected chi connectivity index (χ0v) is 15.1. The molecule has 0 aliphatic heterocycles. The first-order valence-electron chi connectivity index (χ1n) is 9.18. The summed E-state index contributed by atoms with van der Waals surface area (Å²) >= 11 is 0. The molecule has 0 amide bonds. The normalized spacial score (nSPS) is 14.7. The number of nitrogens with two attached hydrogens (primary N) is 1. The number of hydrogen-bond donors (Lipinski definition) is 4. The van der Waals surface area contributed by atoms with Crippen LogP contribution in [0.1, 0.15) is 63.0 Å². The van der Waals surface area contributed by atoms with Crippen LogP contribution >= 0.6 is 0 Å². The molecule has 1 saturated carbocycles. The Morgan fingerprint density at radius 1 is 0.880 bits per heavy atom. The summed E-state index contributed by atoms with van der Waals surface area (Å²) in [6, 6.07) is 8.33.